The van der Waals surface area contributed by atoms with Gasteiger partial charge in [0.15, 0.2) is 5.03 Å². The van der Waals surface area contributed by atoms with Gasteiger partial charge in [0.1, 0.15) is 5.69 Å². The molecule has 9 nitrogen and oxygen atoms in total. The molecule has 1 aromatic heterocycles. The summed E-state index contributed by atoms with van der Waals surface area (Å²) >= 11 is 0. The number of benzene rings is 1. The first-order chi connectivity index (χ1) is 15.7. The third-order valence-corrected chi connectivity index (χ3v) is 8.44. The van der Waals surface area contributed by atoms with Crippen molar-refractivity contribution >= 4 is 27.6 Å². The van der Waals surface area contributed by atoms with Gasteiger partial charge in [-0.15, -0.1) is 0 Å². The number of nitrogens with one attached hydrogen (secondary N) is 2. The van der Waals surface area contributed by atoms with E-state index in [9.17, 15) is 18.0 Å². The largest absolute Gasteiger partial charge is 0.337 e. The Kier molecular flexibility index (Phi) is 5.43. The number of anilines is 1. The number of carbonyl (C=O) groups excluding carboxylic acids is 2. The van der Waals surface area contributed by atoms with Crippen molar-refractivity contribution < 1.29 is 18.0 Å². The van der Waals surface area contributed by atoms with Crippen molar-refractivity contribution in [3.63, 3.8) is 0 Å². The summed E-state index contributed by atoms with van der Waals surface area (Å²) in [6.45, 7) is 0. The number of aromatic nitrogens is 2. The molecule has 0 unspecified atom stereocenters. The van der Waals surface area contributed by atoms with Gasteiger partial charge in [0, 0.05) is 31.9 Å². The van der Waals surface area contributed by atoms with Crippen LogP contribution in [0.15, 0.2) is 17.2 Å². The van der Waals surface area contributed by atoms with Gasteiger partial charge in [-0.2, -0.15) is 13.5 Å². The van der Waals surface area contributed by atoms with Crippen LogP contribution < -0.4 is 10.0 Å². The van der Waals surface area contributed by atoms with E-state index in [1.165, 1.54) is 28.9 Å². The zero-order chi connectivity index (χ0) is 23.3. The van der Waals surface area contributed by atoms with Crippen LogP contribution in [0.4, 0.5) is 10.5 Å². The van der Waals surface area contributed by atoms with E-state index < -0.39 is 16.1 Å². The van der Waals surface area contributed by atoms with Crippen molar-refractivity contribution in [1.82, 2.24) is 19.4 Å². The molecule has 33 heavy (non-hydrogen) atoms. The smallest absolute Gasteiger partial charge is 0.333 e. The minimum absolute atomic E-state index is 0.170. The molecular weight excluding hydrogens is 442 g/mol. The molecule has 176 valence electrons. The molecule has 2 aromatic rings. The highest BCUT2D eigenvalue weighted by atomic mass is 32.2. The number of aryl methyl sites for hydroxylation is 3. The average Bonchev–Trinajstić information content (AvgIpc) is 3.44. The van der Waals surface area contributed by atoms with Gasteiger partial charge in [-0.3, -0.25) is 9.48 Å². The first-order valence-electron chi connectivity index (χ1n) is 11.6. The van der Waals surface area contributed by atoms with Crippen molar-refractivity contribution in [2.45, 2.75) is 68.9 Å². The predicted molar refractivity (Wildman–Crippen MR) is 123 cm³/mol. The van der Waals surface area contributed by atoms with Crippen LogP contribution in [0.3, 0.4) is 0 Å². The summed E-state index contributed by atoms with van der Waals surface area (Å²) in [5, 5.41) is 6.47. The lowest BCUT2D eigenvalue weighted by molar-refractivity contribution is 0.0641. The molecule has 5 rings (SSSR count). The highest BCUT2D eigenvalue weighted by molar-refractivity contribution is 7.90. The van der Waals surface area contributed by atoms with Crippen LogP contribution in [0.25, 0.3) is 0 Å². The van der Waals surface area contributed by atoms with Crippen molar-refractivity contribution in [3.05, 3.63) is 40.1 Å². The zero-order valence-corrected chi connectivity index (χ0v) is 19.8. The lowest BCUT2D eigenvalue weighted by Gasteiger charge is -2.34. The lowest BCUT2D eigenvalue weighted by atomic mass is 9.92. The Morgan fingerprint density at radius 2 is 1.67 bits per heavy atom. The maximum absolute atomic E-state index is 12.9. The topological polar surface area (TPSA) is 113 Å². The van der Waals surface area contributed by atoms with Crippen molar-refractivity contribution in [2.24, 2.45) is 7.05 Å². The van der Waals surface area contributed by atoms with Gasteiger partial charge in [-0.1, -0.05) is 6.07 Å². The van der Waals surface area contributed by atoms with E-state index in [0.29, 0.717) is 0 Å². The van der Waals surface area contributed by atoms with Crippen LogP contribution in [-0.2, 0) is 42.8 Å². The molecule has 1 saturated carbocycles. The van der Waals surface area contributed by atoms with E-state index in [4.69, 9.17) is 0 Å². The second kappa shape index (κ2) is 8.16. The van der Waals surface area contributed by atoms with Gasteiger partial charge in [0.25, 0.3) is 15.9 Å². The molecule has 0 atom stereocenters. The average molecular weight is 472 g/mol. The third-order valence-electron chi connectivity index (χ3n) is 7.23. The summed E-state index contributed by atoms with van der Waals surface area (Å²) in [6.07, 6.45) is 8.77. The summed E-state index contributed by atoms with van der Waals surface area (Å²) in [5.41, 5.74) is 5.67. The third kappa shape index (κ3) is 3.90. The normalized spacial score (nSPS) is 17.3. The minimum Gasteiger partial charge on any atom is -0.337 e. The summed E-state index contributed by atoms with van der Waals surface area (Å²) < 4.78 is 29.1. The van der Waals surface area contributed by atoms with Crippen LogP contribution >= 0.6 is 0 Å². The molecule has 3 aliphatic rings. The van der Waals surface area contributed by atoms with Crippen LogP contribution in [-0.4, -0.2) is 48.1 Å². The highest BCUT2D eigenvalue weighted by Gasteiger charge is 2.31. The van der Waals surface area contributed by atoms with Crippen LogP contribution in [0, 0.1) is 0 Å². The Morgan fingerprint density at radius 1 is 1.03 bits per heavy atom. The maximum atomic E-state index is 12.9. The molecule has 0 aliphatic heterocycles. The fraction of sp³-hybridized carbons (Fsp3) is 0.522. The molecule has 0 radical (unpaired) electrons. The number of carbonyl (C=O) groups is 2. The zero-order valence-electron chi connectivity index (χ0n) is 19.0. The second-order valence-electron chi connectivity index (χ2n) is 9.29. The van der Waals surface area contributed by atoms with E-state index in [0.717, 1.165) is 74.6 Å². The minimum atomic E-state index is -4.25. The fourth-order valence-corrected chi connectivity index (χ4v) is 6.07. The maximum Gasteiger partial charge on any atom is 0.333 e. The molecule has 10 heteroatoms. The van der Waals surface area contributed by atoms with Crippen LogP contribution in [0.5, 0.6) is 0 Å². The molecule has 2 N–H and O–H groups in total. The number of urea groups is 1. The Balaban J connectivity index is 1.34. The predicted octanol–water partition coefficient (Wildman–Crippen LogP) is 2.53. The Bertz CT molecular complexity index is 1210. The quantitative estimate of drug-likeness (QED) is 0.696. The van der Waals surface area contributed by atoms with Gasteiger partial charge < -0.3 is 10.2 Å². The van der Waals surface area contributed by atoms with Crippen LogP contribution in [0.1, 0.15) is 64.8 Å². The number of hydrogen-bond acceptors (Lipinski definition) is 5. The van der Waals surface area contributed by atoms with Gasteiger partial charge in [0.2, 0.25) is 0 Å². The highest BCUT2D eigenvalue weighted by Crippen LogP contribution is 2.38. The van der Waals surface area contributed by atoms with E-state index in [-0.39, 0.29) is 22.7 Å². The Morgan fingerprint density at radius 3 is 2.24 bits per heavy atom. The van der Waals surface area contributed by atoms with Gasteiger partial charge >= 0.3 is 6.03 Å². The number of sulfonamides is 1. The molecule has 1 heterocycles. The summed E-state index contributed by atoms with van der Waals surface area (Å²) in [4.78, 5) is 27.2. The van der Waals surface area contributed by atoms with E-state index >= 15 is 0 Å². The SMILES string of the molecule is CN(C(=O)c1cc(S(=O)(=O)NC(=O)Nc2c3c(cc4c2CCC4)CCC3)nn1C)C1CCC1. The molecule has 0 bridgehead atoms. The Hall–Kier alpha value is -2.88. The second-order valence-corrected chi connectivity index (χ2v) is 10.9. The van der Waals surface area contributed by atoms with E-state index in [1.54, 1.807) is 11.9 Å². The standard InChI is InChI=1S/C23H29N5O4S/c1-27(16-8-5-9-16)22(29)19-13-20(25-28(19)2)33(31,32)26-23(30)24-21-17-10-3-6-14(17)12-15-7-4-11-18(15)21/h12-13,16H,3-11H2,1-2H3,(H2,24,26,30). The number of fused-ring (bicyclic) bond motifs is 2. The molecule has 3 amide bonds. The molecule has 0 saturated heterocycles. The molecule has 1 fully saturated rings. The first kappa shape index (κ1) is 21.9. The first-order valence-corrected chi connectivity index (χ1v) is 13.0. The number of nitrogens with zero attached hydrogens (tertiary/aromatic N) is 3. The van der Waals surface area contributed by atoms with E-state index in [2.05, 4.69) is 21.2 Å². The van der Waals surface area contributed by atoms with Gasteiger partial charge in [-0.25, -0.2) is 9.52 Å². The molecular formula is C23H29N5O4S. The van der Waals surface area contributed by atoms with Crippen LogP contribution in [0.2, 0.25) is 0 Å². The monoisotopic (exact) mass is 471 g/mol. The van der Waals surface area contributed by atoms with Crippen molar-refractivity contribution in [1.29, 1.82) is 0 Å². The molecule has 0 spiro atoms. The van der Waals surface area contributed by atoms with Crippen molar-refractivity contribution in [3.8, 4) is 0 Å². The summed E-state index contributed by atoms with van der Waals surface area (Å²) in [7, 11) is -1.00. The van der Waals surface area contributed by atoms with Gasteiger partial charge in [0.05, 0.1) is 0 Å². The molecule has 1 aromatic carbocycles. The van der Waals surface area contributed by atoms with Crippen molar-refractivity contribution in [2.75, 3.05) is 12.4 Å². The number of hydrogen-bond donors (Lipinski definition) is 2. The lowest BCUT2D eigenvalue weighted by Crippen LogP contribution is -2.41. The fourth-order valence-electron chi connectivity index (χ4n) is 5.17. The summed E-state index contributed by atoms with van der Waals surface area (Å²) in [6, 6.07) is 2.84. The van der Waals surface area contributed by atoms with Gasteiger partial charge in [-0.05, 0) is 80.0 Å². The molecule has 3 aliphatic carbocycles. The summed E-state index contributed by atoms with van der Waals surface area (Å²) in [5.74, 6) is -0.281. The number of amides is 3. The number of rotatable bonds is 5. The van der Waals surface area contributed by atoms with E-state index in [1.807, 2.05) is 0 Å². The Labute approximate surface area is 193 Å².